The van der Waals surface area contributed by atoms with Crippen molar-refractivity contribution in [2.45, 2.75) is 360 Å². The van der Waals surface area contributed by atoms with E-state index in [0.717, 1.165) is 25.7 Å². The Labute approximate surface area is 415 Å². The van der Waals surface area contributed by atoms with Crippen molar-refractivity contribution < 1.29 is 15.0 Å². The third-order valence-corrected chi connectivity index (χ3v) is 14.4. The fourth-order valence-corrected chi connectivity index (χ4v) is 9.77. The summed E-state index contributed by atoms with van der Waals surface area (Å²) in [7, 11) is 0. The van der Waals surface area contributed by atoms with Gasteiger partial charge in [0, 0.05) is 6.42 Å². The van der Waals surface area contributed by atoms with Gasteiger partial charge in [0.25, 0.3) is 0 Å². The lowest BCUT2D eigenvalue weighted by Crippen LogP contribution is -2.45. The zero-order valence-electron chi connectivity index (χ0n) is 45.2. The third-order valence-electron chi connectivity index (χ3n) is 14.4. The highest BCUT2D eigenvalue weighted by atomic mass is 16.3. The van der Waals surface area contributed by atoms with Crippen LogP contribution < -0.4 is 5.32 Å². The molecule has 392 valence electrons. The van der Waals surface area contributed by atoms with Gasteiger partial charge in [-0.25, -0.2) is 0 Å². The highest BCUT2D eigenvalue weighted by Gasteiger charge is 2.18. The van der Waals surface area contributed by atoms with Crippen LogP contribution in [0, 0.1) is 0 Å². The maximum Gasteiger partial charge on any atom is 0.220 e. The predicted octanol–water partition coefficient (Wildman–Crippen LogP) is 20.3. The number of allylic oxidation sites excluding steroid dienone is 3. The van der Waals surface area contributed by atoms with Crippen molar-refractivity contribution in [3.8, 4) is 0 Å². The van der Waals surface area contributed by atoms with Crippen LogP contribution in [0.2, 0.25) is 0 Å². The van der Waals surface area contributed by atoms with Gasteiger partial charge in [0.05, 0.1) is 18.8 Å². The molecular weight excluding hydrogens is 807 g/mol. The molecule has 2 atom stereocenters. The molecule has 0 saturated carbocycles. The molecule has 1 amide bonds. The fraction of sp³-hybridized carbons (Fsp3) is 0.919. The van der Waals surface area contributed by atoms with Crippen LogP contribution in [0.5, 0.6) is 0 Å². The molecule has 4 heteroatoms. The molecule has 0 aromatic rings. The van der Waals surface area contributed by atoms with Crippen molar-refractivity contribution in [2.75, 3.05) is 6.61 Å². The number of carbonyl (C=O) groups is 1. The number of rotatable bonds is 57. The highest BCUT2D eigenvalue weighted by Crippen LogP contribution is 2.18. The van der Waals surface area contributed by atoms with Crippen LogP contribution in [0.25, 0.3) is 0 Å². The summed E-state index contributed by atoms with van der Waals surface area (Å²) in [6.07, 6.45) is 78.0. The average molecular weight is 929 g/mol. The maximum atomic E-state index is 12.5. The Morgan fingerprint density at radius 2 is 0.576 bits per heavy atom. The lowest BCUT2D eigenvalue weighted by molar-refractivity contribution is -0.123. The van der Waals surface area contributed by atoms with E-state index in [4.69, 9.17) is 0 Å². The number of amides is 1. The van der Waals surface area contributed by atoms with E-state index in [1.54, 1.807) is 6.08 Å². The predicted molar refractivity (Wildman–Crippen MR) is 295 cm³/mol. The first kappa shape index (κ1) is 64.9. The molecule has 3 N–H and O–H groups in total. The topological polar surface area (TPSA) is 69.6 Å². The molecule has 66 heavy (non-hydrogen) atoms. The molecular formula is C62H121NO3. The van der Waals surface area contributed by atoms with Gasteiger partial charge < -0.3 is 15.5 Å². The quantitative estimate of drug-likeness (QED) is 0.0420. The lowest BCUT2D eigenvalue weighted by Gasteiger charge is -2.20. The van der Waals surface area contributed by atoms with Crippen LogP contribution in [0.15, 0.2) is 24.3 Å². The Kier molecular flexibility index (Phi) is 57.2. The van der Waals surface area contributed by atoms with Gasteiger partial charge in [-0.1, -0.05) is 321 Å². The molecule has 0 fully saturated rings. The second kappa shape index (κ2) is 58.2. The van der Waals surface area contributed by atoms with Crippen LogP contribution in [0.1, 0.15) is 348 Å². The number of nitrogens with one attached hydrogen (secondary N) is 1. The molecule has 0 aromatic carbocycles. The lowest BCUT2D eigenvalue weighted by atomic mass is 10.0. The van der Waals surface area contributed by atoms with Gasteiger partial charge in [0.1, 0.15) is 0 Å². The van der Waals surface area contributed by atoms with Crippen LogP contribution in [-0.2, 0) is 4.79 Å². The Morgan fingerprint density at radius 1 is 0.348 bits per heavy atom. The number of aliphatic hydroxyl groups is 2. The van der Waals surface area contributed by atoms with Crippen LogP contribution in [0.4, 0.5) is 0 Å². The molecule has 2 unspecified atom stereocenters. The van der Waals surface area contributed by atoms with E-state index in [9.17, 15) is 15.0 Å². The fourth-order valence-electron chi connectivity index (χ4n) is 9.77. The summed E-state index contributed by atoms with van der Waals surface area (Å²) in [6, 6.07) is -0.620. The van der Waals surface area contributed by atoms with Crippen LogP contribution in [-0.4, -0.2) is 34.9 Å². The number of unbranched alkanes of at least 4 members (excludes halogenated alkanes) is 48. The van der Waals surface area contributed by atoms with Gasteiger partial charge in [0.2, 0.25) is 5.91 Å². The summed E-state index contributed by atoms with van der Waals surface area (Å²) >= 11 is 0. The summed E-state index contributed by atoms with van der Waals surface area (Å²) in [6.45, 7) is 4.35. The van der Waals surface area contributed by atoms with E-state index in [1.807, 2.05) is 6.08 Å². The molecule has 0 radical (unpaired) electrons. The second-order valence-corrected chi connectivity index (χ2v) is 21.1. The van der Waals surface area contributed by atoms with E-state index in [1.165, 1.54) is 302 Å². The van der Waals surface area contributed by atoms with Crippen molar-refractivity contribution in [3.05, 3.63) is 24.3 Å². The Morgan fingerprint density at radius 3 is 0.833 bits per heavy atom. The highest BCUT2D eigenvalue weighted by molar-refractivity contribution is 5.76. The molecule has 0 saturated heterocycles. The molecule has 0 bridgehead atoms. The minimum absolute atomic E-state index is 0.0568. The zero-order chi connectivity index (χ0) is 47.7. The maximum absolute atomic E-state index is 12.5. The Bertz CT molecular complexity index is 963. The summed E-state index contributed by atoms with van der Waals surface area (Å²) in [5.74, 6) is -0.0568. The van der Waals surface area contributed by atoms with Gasteiger partial charge in [-0.15, -0.1) is 0 Å². The SMILES string of the molecule is CCCCCCCCCCCCCC/C=C\CCCCCCCCCCCCCCCCCCCC(=O)NC(CO)C(O)/C=C/CCCCCCCCCCCCCCCCCCCCC. The number of carbonyl (C=O) groups excluding carboxylic acids is 1. The Hall–Kier alpha value is -1.13. The first-order valence-electron chi connectivity index (χ1n) is 30.6. The smallest absolute Gasteiger partial charge is 0.220 e. The van der Waals surface area contributed by atoms with Gasteiger partial charge >= 0.3 is 0 Å². The van der Waals surface area contributed by atoms with Gasteiger partial charge in [0.15, 0.2) is 0 Å². The van der Waals surface area contributed by atoms with E-state index < -0.39 is 12.1 Å². The summed E-state index contributed by atoms with van der Waals surface area (Å²) in [5.41, 5.74) is 0. The summed E-state index contributed by atoms with van der Waals surface area (Å²) in [4.78, 5) is 12.5. The third kappa shape index (κ3) is 53.8. The van der Waals surface area contributed by atoms with Crippen molar-refractivity contribution >= 4 is 5.91 Å². The van der Waals surface area contributed by atoms with E-state index in [-0.39, 0.29) is 12.5 Å². The molecule has 0 rings (SSSR count). The molecule has 0 aromatic heterocycles. The number of hydrogen-bond acceptors (Lipinski definition) is 3. The van der Waals surface area contributed by atoms with Gasteiger partial charge in [-0.05, 0) is 44.9 Å². The standard InChI is InChI=1S/C62H121NO3/c1-3-5-7-9-11-13-15-17-19-21-23-25-26-27-28-29-30-31-32-33-34-35-36-38-40-42-44-46-48-50-52-54-56-58-62(66)63-60(59-64)61(65)57-55-53-51-49-47-45-43-41-39-37-24-22-20-18-16-14-12-10-8-6-4-2/h27-28,55,57,60-61,64-65H,3-26,29-54,56,58-59H2,1-2H3,(H,63,66)/b28-27-,57-55+. The van der Waals surface area contributed by atoms with Gasteiger partial charge in [-0.2, -0.15) is 0 Å². The van der Waals surface area contributed by atoms with Gasteiger partial charge in [-0.3, -0.25) is 4.79 Å². The van der Waals surface area contributed by atoms with Crippen molar-refractivity contribution in [1.82, 2.24) is 5.32 Å². The van der Waals surface area contributed by atoms with Crippen molar-refractivity contribution in [3.63, 3.8) is 0 Å². The van der Waals surface area contributed by atoms with E-state index in [2.05, 4.69) is 31.3 Å². The zero-order valence-corrected chi connectivity index (χ0v) is 45.2. The molecule has 4 nitrogen and oxygen atoms in total. The molecule has 0 heterocycles. The molecule has 0 spiro atoms. The van der Waals surface area contributed by atoms with Crippen molar-refractivity contribution in [1.29, 1.82) is 0 Å². The summed E-state index contributed by atoms with van der Waals surface area (Å²) in [5, 5.41) is 23.2. The first-order chi connectivity index (χ1) is 32.7. The van der Waals surface area contributed by atoms with E-state index in [0.29, 0.717) is 6.42 Å². The average Bonchev–Trinajstić information content (AvgIpc) is 3.32. The van der Waals surface area contributed by atoms with Crippen LogP contribution in [0.3, 0.4) is 0 Å². The monoisotopic (exact) mass is 928 g/mol. The molecule has 0 aliphatic rings. The minimum Gasteiger partial charge on any atom is -0.394 e. The molecule has 0 aliphatic carbocycles. The van der Waals surface area contributed by atoms with E-state index >= 15 is 0 Å². The Balaban J connectivity index is 3.43. The first-order valence-corrected chi connectivity index (χ1v) is 30.6. The normalized spacial score (nSPS) is 12.8. The van der Waals surface area contributed by atoms with Crippen molar-refractivity contribution in [2.24, 2.45) is 0 Å². The second-order valence-electron chi connectivity index (χ2n) is 21.1. The largest absolute Gasteiger partial charge is 0.394 e. The minimum atomic E-state index is -0.837. The molecule has 0 aliphatic heterocycles. The van der Waals surface area contributed by atoms with Crippen LogP contribution >= 0.6 is 0 Å². The number of hydrogen-bond donors (Lipinski definition) is 3. The number of aliphatic hydroxyl groups excluding tert-OH is 2. The summed E-state index contributed by atoms with van der Waals surface area (Å²) < 4.78 is 0.